The summed E-state index contributed by atoms with van der Waals surface area (Å²) in [7, 11) is 1.90. The van der Waals surface area contributed by atoms with Crippen molar-refractivity contribution in [2.75, 3.05) is 30.8 Å². The zero-order valence-corrected chi connectivity index (χ0v) is 10.7. The number of nitrogens with zero attached hydrogens (tertiary/aromatic N) is 2. The van der Waals surface area contributed by atoms with Crippen molar-refractivity contribution in [3.63, 3.8) is 0 Å². The van der Waals surface area contributed by atoms with Gasteiger partial charge in [0, 0.05) is 26.8 Å². The highest BCUT2D eigenvalue weighted by atomic mass is 16.5. The van der Waals surface area contributed by atoms with E-state index in [9.17, 15) is 0 Å². The maximum atomic E-state index is 5.92. The lowest BCUT2D eigenvalue weighted by atomic mass is 10.3. The SMILES string of the molecule is Cc1nn(C)c(NCCCOCC2CC2)c1N. The first kappa shape index (κ1) is 12.2. The number of nitrogen functional groups attached to an aromatic ring is 1. The van der Waals surface area contributed by atoms with Gasteiger partial charge in [-0.2, -0.15) is 5.10 Å². The Labute approximate surface area is 102 Å². The molecule has 0 aromatic carbocycles. The predicted molar refractivity (Wildman–Crippen MR) is 69.0 cm³/mol. The van der Waals surface area contributed by atoms with Crippen LogP contribution in [0.2, 0.25) is 0 Å². The number of aromatic nitrogens is 2. The van der Waals surface area contributed by atoms with E-state index in [1.165, 1.54) is 12.8 Å². The Bertz CT molecular complexity index is 371. The molecule has 1 heterocycles. The van der Waals surface area contributed by atoms with E-state index < -0.39 is 0 Å². The van der Waals surface area contributed by atoms with Gasteiger partial charge >= 0.3 is 0 Å². The van der Waals surface area contributed by atoms with Crippen molar-refractivity contribution in [1.82, 2.24) is 9.78 Å². The average Bonchev–Trinajstić information content (AvgIpc) is 3.07. The number of nitrogens with two attached hydrogens (primary N) is 1. The van der Waals surface area contributed by atoms with Gasteiger partial charge in [-0.25, -0.2) is 0 Å². The third kappa shape index (κ3) is 3.36. The molecule has 2 rings (SSSR count). The molecule has 0 spiro atoms. The smallest absolute Gasteiger partial charge is 0.147 e. The molecule has 96 valence electrons. The van der Waals surface area contributed by atoms with Crippen LogP contribution in [0.4, 0.5) is 11.5 Å². The highest BCUT2D eigenvalue weighted by Gasteiger charge is 2.20. The van der Waals surface area contributed by atoms with Gasteiger partial charge in [0.2, 0.25) is 0 Å². The zero-order chi connectivity index (χ0) is 12.3. The molecule has 1 aliphatic carbocycles. The molecule has 1 saturated carbocycles. The zero-order valence-electron chi connectivity index (χ0n) is 10.7. The Morgan fingerprint density at radius 2 is 2.29 bits per heavy atom. The van der Waals surface area contributed by atoms with Gasteiger partial charge in [-0.05, 0) is 32.1 Å². The van der Waals surface area contributed by atoms with Crippen LogP contribution < -0.4 is 11.1 Å². The molecular weight excluding hydrogens is 216 g/mol. The summed E-state index contributed by atoms with van der Waals surface area (Å²) in [5.41, 5.74) is 7.53. The van der Waals surface area contributed by atoms with E-state index in [1.807, 2.05) is 14.0 Å². The van der Waals surface area contributed by atoms with Crippen molar-refractivity contribution in [3.8, 4) is 0 Å². The maximum absolute atomic E-state index is 5.92. The normalized spacial score (nSPS) is 15.2. The number of aryl methyl sites for hydroxylation is 2. The molecule has 1 fully saturated rings. The van der Waals surface area contributed by atoms with Crippen LogP contribution in [0, 0.1) is 12.8 Å². The van der Waals surface area contributed by atoms with E-state index in [2.05, 4.69) is 10.4 Å². The third-order valence-corrected chi connectivity index (χ3v) is 3.08. The number of hydrogen-bond acceptors (Lipinski definition) is 4. The molecule has 1 aromatic rings. The fourth-order valence-corrected chi connectivity index (χ4v) is 1.80. The molecule has 5 heteroatoms. The van der Waals surface area contributed by atoms with Crippen LogP contribution in [0.25, 0.3) is 0 Å². The van der Waals surface area contributed by atoms with Gasteiger partial charge < -0.3 is 15.8 Å². The summed E-state index contributed by atoms with van der Waals surface area (Å²) >= 11 is 0. The highest BCUT2D eigenvalue weighted by molar-refractivity contribution is 5.64. The van der Waals surface area contributed by atoms with Gasteiger partial charge in [-0.3, -0.25) is 4.68 Å². The first-order valence-corrected chi connectivity index (χ1v) is 6.29. The van der Waals surface area contributed by atoms with Crippen LogP contribution in [-0.2, 0) is 11.8 Å². The molecule has 0 radical (unpaired) electrons. The second-order valence-corrected chi connectivity index (χ2v) is 4.77. The summed E-state index contributed by atoms with van der Waals surface area (Å²) in [6, 6.07) is 0. The third-order valence-electron chi connectivity index (χ3n) is 3.08. The fraction of sp³-hybridized carbons (Fsp3) is 0.750. The highest BCUT2D eigenvalue weighted by Crippen LogP contribution is 2.28. The van der Waals surface area contributed by atoms with Crippen LogP contribution in [0.5, 0.6) is 0 Å². The second-order valence-electron chi connectivity index (χ2n) is 4.77. The van der Waals surface area contributed by atoms with Gasteiger partial charge in [-0.1, -0.05) is 0 Å². The van der Waals surface area contributed by atoms with E-state index in [4.69, 9.17) is 10.5 Å². The lowest BCUT2D eigenvalue weighted by molar-refractivity contribution is 0.124. The van der Waals surface area contributed by atoms with Crippen molar-refractivity contribution in [1.29, 1.82) is 0 Å². The van der Waals surface area contributed by atoms with Crippen molar-refractivity contribution >= 4 is 11.5 Å². The summed E-state index contributed by atoms with van der Waals surface area (Å²) in [5.74, 6) is 1.75. The Hall–Kier alpha value is -1.23. The number of nitrogens with one attached hydrogen (secondary N) is 1. The van der Waals surface area contributed by atoms with Crippen molar-refractivity contribution in [3.05, 3.63) is 5.69 Å². The predicted octanol–water partition coefficient (Wildman–Crippen LogP) is 1.54. The van der Waals surface area contributed by atoms with Crippen LogP contribution in [0.1, 0.15) is 25.0 Å². The minimum absolute atomic E-state index is 0.742. The largest absolute Gasteiger partial charge is 0.394 e. The minimum Gasteiger partial charge on any atom is -0.394 e. The lowest BCUT2D eigenvalue weighted by Gasteiger charge is -2.08. The first-order chi connectivity index (χ1) is 8.18. The van der Waals surface area contributed by atoms with Crippen molar-refractivity contribution < 1.29 is 4.74 Å². The van der Waals surface area contributed by atoms with Crippen molar-refractivity contribution in [2.45, 2.75) is 26.2 Å². The Balaban J connectivity index is 1.63. The standard InChI is InChI=1S/C12H22N4O/c1-9-11(13)12(16(2)15-9)14-6-3-7-17-8-10-4-5-10/h10,14H,3-8,13H2,1-2H3. The molecule has 0 amide bonds. The van der Waals surface area contributed by atoms with Crippen LogP contribution in [0.3, 0.4) is 0 Å². The first-order valence-electron chi connectivity index (χ1n) is 6.29. The number of hydrogen-bond donors (Lipinski definition) is 2. The van der Waals surface area contributed by atoms with E-state index in [0.29, 0.717) is 0 Å². The molecule has 0 saturated heterocycles. The van der Waals surface area contributed by atoms with Crippen molar-refractivity contribution in [2.24, 2.45) is 13.0 Å². The van der Waals surface area contributed by atoms with Gasteiger partial charge in [0.15, 0.2) is 0 Å². The van der Waals surface area contributed by atoms with Gasteiger partial charge in [0.1, 0.15) is 5.82 Å². The average molecular weight is 238 g/mol. The molecule has 0 atom stereocenters. The lowest BCUT2D eigenvalue weighted by Crippen LogP contribution is -2.10. The molecule has 1 aromatic heterocycles. The van der Waals surface area contributed by atoms with E-state index >= 15 is 0 Å². The number of ether oxygens (including phenoxy) is 1. The van der Waals surface area contributed by atoms with Crippen LogP contribution in [0.15, 0.2) is 0 Å². The van der Waals surface area contributed by atoms with Gasteiger partial charge in [-0.15, -0.1) is 0 Å². The molecular formula is C12H22N4O. The molecule has 3 N–H and O–H groups in total. The maximum Gasteiger partial charge on any atom is 0.147 e. The molecule has 0 unspecified atom stereocenters. The number of anilines is 2. The molecule has 5 nitrogen and oxygen atoms in total. The minimum atomic E-state index is 0.742. The number of rotatable bonds is 7. The molecule has 1 aliphatic rings. The van der Waals surface area contributed by atoms with E-state index in [1.54, 1.807) is 4.68 Å². The quantitative estimate of drug-likeness (QED) is 0.707. The summed E-state index contributed by atoms with van der Waals surface area (Å²) in [6.45, 7) is 4.54. The second kappa shape index (κ2) is 5.40. The van der Waals surface area contributed by atoms with E-state index in [0.717, 1.165) is 49.3 Å². The molecule has 0 aliphatic heterocycles. The summed E-state index contributed by atoms with van der Waals surface area (Å²) in [5, 5.41) is 7.56. The Morgan fingerprint density at radius 3 is 2.88 bits per heavy atom. The monoisotopic (exact) mass is 238 g/mol. The topological polar surface area (TPSA) is 65.1 Å². The summed E-state index contributed by atoms with van der Waals surface area (Å²) in [6.07, 6.45) is 3.70. The van der Waals surface area contributed by atoms with Crippen LogP contribution in [-0.4, -0.2) is 29.5 Å². The molecule has 0 bridgehead atoms. The van der Waals surface area contributed by atoms with Crippen LogP contribution >= 0.6 is 0 Å². The molecule has 17 heavy (non-hydrogen) atoms. The fourth-order valence-electron chi connectivity index (χ4n) is 1.80. The summed E-state index contributed by atoms with van der Waals surface area (Å²) < 4.78 is 7.35. The Morgan fingerprint density at radius 1 is 1.53 bits per heavy atom. The van der Waals surface area contributed by atoms with E-state index in [-0.39, 0.29) is 0 Å². The van der Waals surface area contributed by atoms with Gasteiger partial charge in [0.05, 0.1) is 11.4 Å². The van der Waals surface area contributed by atoms with Gasteiger partial charge in [0.25, 0.3) is 0 Å². The summed E-state index contributed by atoms with van der Waals surface area (Å²) in [4.78, 5) is 0. The Kier molecular flexibility index (Phi) is 3.89.